The molecule has 0 saturated heterocycles. The molecule has 0 fully saturated rings. The van der Waals surface area contributed by atoms with E-state index >= 15 is 0 Å². The highest BCUT2D eigenvalue weighted by Gasteiger charge is 2.24. The van der Waals surface area contributed by atoms with Crippen molar-refractivity contribution in [1.29, 1.82) is 0 Å². The first-order chi connectivity index (χ1) is 6.72. The van der Waals surface area contributed by atoms with Crippen LogP contribution >= 0.6 is 0 Å². The molecule has 1 nitrogen and oxygen atoms in total. The lowest BCUT2D eigenvalue weighted by Crippen LogP contribution is -2.28. The van der Waals surface area contributed by atoms with Crippen molar-refractivity contribution in [3.8, 4) is 0 Å². The molecular formula is C13H19N. The van der Waals surface area contributed by atoms with Gasteiger partial charge in [-0.3, -0.25) is 0 Å². The number of rotatable bonds is 1. The second-order valence-electron chi connectivity index (χ2n) is 4.48. The zero-order chi connectivity index (χ0) is 10.1. The Bertz CT molecular complexity index is 330. The number of fused-ring (bicyclic) bond motifs is 1. The minimum Gasteiger partial charge on any atom is -0.313 e. The van der Waals surface area contributed by atoms with Crippen molar-refractivity contribution < 1.29 is 0 Å². The predicted molar refractivity (Wildman–Crippen MR) is 60.5 cm³/mol. The van der Waals surface area contributed by atoms with Crippen LogP contribution in [0.1, 0.15) is 36.1 Å². The van der Waals surface area contributed by atoms with Crippen LogP contribution in [0.25, 0.3) is 0 Å². The fourth-order valence-corrected chi connectivity index (χ4v) is 2.53. The van der Waals surface area contributed by atoms with Gasteiger partial charge in [0, 0.05) is 6.04 Å². The van der Waals surface area contributed by atoms with Crippen LogP contribution in [0.3, 0.4) is 0 Å². The van der Waals surface area contributed by atoms with Gasteiger partial charge in [0.05, 0.1) is 0 Å². The number of nitrogens with one attached hydrogen (secondary N) is 1. The van der Waals surface area contributed by atoms with E-state index in [0.29, 0.717) is 6.04 Å². The van der Waals surface area contributed by atoms with Gasteiger partial charge in [-0.05, 0) is 43.9 Å². The minimum atomic E-state index is 0.554. The molecule has 0 aliphatic heterocycles. The summed E-state index contributed by atoms with van der Waals surface area (Å²) in [4.78, 5) is 0. The van der Waals surface area contributed by atoms with Crippen molar-refractivity contribution in [2.24, 2.45) is 5.92 Å². The Kier molecular flexibility index (Phi) is 2.60. The van der Waals surface area contributed by atoms with Gasteiger partial charge in [-0.2, -0.15) is 0 Å². The van der Waals surface area contributed by atoms with Gasteiger partial charge in [-0.25, -0.2) is 0 Å². The van der Waals surface area contributed by atoms with E-state index in [4.69, 9.17) is 0 Å². The maximum Gasteiger partial charge on any atom is 0.0346 e. The van der Waals surface area contributed by atoms with E-state index in [9.17, 15) is 0 Å². The molecule has 14 heavy (non-hydrogen) atoms. The average Bonchev–Trinajstić information content (AvgIpc) is 2.17. The van der Waals surface area contributed by atoms with Crippen LogP contribution in [0.4, 0.5) is 0 Å². The molecule has 0 amide bonds. The highest BCUT2D eigenvalue weighted by Crippen LogP contribution is 2.34. The van der Waals surface area contributed by atoms with Crippen molar-refractivity contribution >= 4 is 0 Å². The summed E-state index contributed by atoms with van der Waals surface area (Å²) >= 11 is 0. The van der Waals surface area contributed by atoms with Gasteiger partial charge in [0.15, 0.2) is 0 Å². The molecule has 0 bridgehead atoms. The Labute approximate surface area is 86.5 Å². The molecule has 0 aromatic heterocycles. The minimum absolute atomic E-state index is 0.554. The molecule has 1 heteroatoms. The van der Waals surface area contributed by atoms with Crippen LogP contribution in [0.15, 0.2) is 18.2 Å². The van der Waals surface area contributed by atoms with Crippen molar-refractivity contribution in [3.63, 3.8) is 0 Å². The van der Waals surface area contributed by atoms with E-state index in [-0.39, 0.29) is 0 Å². The molecule has 1 aromatic rings. The molecule has 1 aliphatic rings. The molecule has 0 saturated carbocycles. The first kappa shape index (κ1) is 9.72. The van der Waals surface area contributed by atoms with Gasteiger partial charge < -0.3 is 5.32 Å². The quantitative estimate of drug-likeness (QED) is 0.716. The third-order valence-electron chi connectivity index (χ3n) is 3.39. The van der Waals surface area contributed by atoms with Crippen LogP contribution in [0, 0.1) is 12.8 Å². The Balaban J connectivity index is 2.43. The van der Waals surface area contributed by atoms with E-state index in [0.717, 1.165) is 5.92 Å². The molecule has 2 rings (SSSR count). The third kappa shape index (κ3) is 1.57. The molecule has 2 atom stereocenters. The van der Waals surface area contributed by atoms with Crippen molar-refractivity contribution in [2.45, 2.75) is 32.7 Å². The standard InChI is InChI=1S/C13H19N/c1-9-4-6-11-7-5-10(2)13(14-3)12(11)8-9/h4,6,8,10,13-14H,5,7H2,1-3H3. The van der Waals surface area contributed by atoms with Gasteiger partial charge in [0.2, 0.25) is 0 Å². The molecular weight excluding hydrogens is 170 g/mol. The van der Waals surface area contributed by atoms with Crippen LogP contribution in [0.5, 0.6) is 0 Å². The molecule has 0 radical (unpaired) electrons. The third-order valence-corrected chi connectivity index (χ3v) is 3.39. The molecule has 1 aromatic carbocycles. The van der Waals surface area contributed by atoms with E-state index in [2.05, 4.69) is 44.4 Å². The first-order valence-corrected chi connectivity index (χ1v) is 5.49. The first-order valence-electron chi connectivity index (χ1n) is 5.49. The van der Waals surface area contributed by atoms with Crippen molar-refractivity contribution in [3.05, 3.63) is 34.9 Å². The van der Waals surface area contributed by atoms with Crippen LogP contribution in [0.2, 0.25) is 0 Å². The van der Waals surface area contributed by atoms with E-state index < -0.39 is 0 Å². The summed E-state index contributed by atoms with van der Waals surface area (Å²) in [6.45, 7) is 4.51. The fraction of sp³-hybridized carbons (Fsp3) is 0.538. The number of benzene rings is 1. The Morgan fingerprint density at radius 2 is 2.14 bits per heavy atom. The monoisotopic (exact) mass is 189 g/mol. The van der Waals surface area contributed by atoms with E-state index in [1.807, 2.05) is 0 Å². The Hall–Kier alpha value is -0.820. The van der Waals surface area contributed by atoms with Gasteiger partial charge >= 0.3 is 0 Å². The van der Waals surface area contributed by atoms with Gasteiger partial charge in [0.25, 0.3) is 0 Å². The molecule has 0 heterocycles. The summed E-state index contributed by atoms with van der Waals surface area (Å²) in [6.07, 6.45) is 2.55. The highest BCUT2D eigenvalue weighted by molar-refractivity contribution is 5.36. The lowest BCUT2D eigenvalue weighted by Gasteiger charge is -2.31. The maximum absolute atomic E-state index is 3.44. The van der Waals surface area contributed by atoms with Gasteiger partial charge in [-0.15, -0.1) is 0 Å². The summed E-state index contributed by atoms with van der Waals surface area (Å²) in [5.74, 6) is 0.759. The smallest absolute Gasteiger partial charge is 0.0346 e. The topological polar surface area (TPSA) is 12.0 Å². The SMILES string of the molecule is CNC1c2cc(C)ccc2CCC1C. The number of hydrogen-bond donors (Lipinski definition) is 1. The maximum atomic E-state index is 3.44. The van der Waals surface area contributed by atoms with Crippen LogP contribution in [-0.2, 0) is 6.42 Å². The van der Waals surface area contributed by atoms with Crippen LogP contribution in [-0.4, -0.2) is 7.05 Å². The second-order valence-corrected chi connectivity index (χ2v) is 4.48. The summed E-state index contributed by atoms with van der Waals surface area (Å²) in [5, 5.41) is 3.44. The predicted octanol–water partition coefficient (Wildman–Crippen LogP) is 2.84. The highest BCUT2D eigenvalue weighted by atomic mass is 14.9. The normalized spacial score (nSPS) is 25.9. The summed E-state index contributed by atoms with van der Waals surface area (Å²) in [5.41, 5.74) is 4.43. The van der Waals surface area contributed by atoms with Crippen molar-refractivity contribution in [2.75, 3.05) is 7.05 Å². The van der Waals surface area contributed by atoms with Gasteiger partial charge in [0.1, 0.15) is 0 Å². The molecule has 2 unspecified atom stereocenters. The summed E-state index contributed by atoms with van der Waals surface area (Å²) in [6, 6.07) is 7.41. The fourth-order valence-electron chi connectivity index (χ4n) is 2.53. The molecule has 1 aliphatic carbocycles. The number of hydrogen-bond acceptors (Lipinski definition) is 1. The molecule has 0 spiro atoms. The second kappa shape index (κ2) is 3.74. The largest absolute Gasteiger partial charge is 0.313 e. The zero-order valence-corrected chi connectivity index (χ0v) is 9.30. The zero-order valence-electron chi connectivity index (χ0n) is 9.30. The van der Waals surface area contributed by atoms with Crippen LogP contribution < -0.4 is 5.32 Å². The summed E-state index contributed by atoms with van der Waals surface area (Å²) in [7, 11) is 2.07. The Morgan fingerprint density at radius 1 is 1.36 bits per heavy atom. The summed E-state index contributed by atoms with van der Waals surface area (Å²) < 4.78 is 0. The van der Waals surface area contributed by atoms with Crippen molar-refractivity contribution in [1.82, 2.24) is 5.32 Å². The lowest BCUT2D eigenvalue weighted by atomic mass is 9.80. The van der Waals surface area contributed by atoms with Gasteiger partial charge in [-0.1, -0.05) is 30.7 Å². The van der Waals surface area contributed by atoms with E-state index in [1.54, 1.807) is 0 Å². The molecule has 76 valence electrons. The average molecular weight is 189 g/mol. The Morgan fingerprint density at radius 3 is 2.86 bits per heavy atom. The number of aryl methyl sites for hydroxylation is 2. The lowest BCUT2D eigenvalue weighted by molar-refractivity contribution is 0.364. The molecule has 1 N–H and O–H groups in total. The van der Waals surface area contributed by atoms with E-state index in [1.165, 1.54) is 29.5 Å².